The number of piperidine rings is 1. The maximum atomic E-state index is 12.7. The zero-order chi connectivity index (χ0) is 20.2. The van der Waals surface area contributed by atoms with E-state index in [2.05, 4.69) is 17.2 Å². The number of aromatic nitrogens is 2. The molecule has 2 aromatic carbocycles. The van der Waals surface area contributed by atoms with Gasteiger partial charge >= 0.3 is 0 Å². The maximum Gasteiger partial charge on any atom is 0.295 e. The number of carbonyl (C=O) groups excluding carboxylic acids is 2. The van der Waals surface area contributed by atoms with Crippen LogP contribution in [-0.4, -0.2) is 39.5 Å². The number of rotatable bonds is 5. The highest BCUT2D eigenvalue weighted by Crippen LogP contribution is 2.30. The van der Waals surface area contributed by atoms with Crippen molar-refractivity contribution in [3.8, 4) is 5.69 Å². The number of amides is 1. The van der Waals surface area contributed by atoms with Gasteiger partial charge in [0.2, 0.25) is 0 Å². The molecule has 1 aliphatic heterocycles. The smallest absolute Gasteiger partial charge is 0.295 e. The van der Waals surface area contributed by atoms with Gasteiger partial charge in [-0.05, 0) is 42.0 Å². The molecule has 0 radical (unpaired) electrons. The summed E-state index contributed by atoms with van der Waals surface area (Å²) in [7, 11) is 0. The molecule has 4 rings (SSSR count). The molecule has 148 valence electrons. The van der Waals surface area contributed by atoms with Crippen molar-refractivity contribution >= 4 is 11.7 Å². The standard InChI is InChI=1S/C23H24N4O2/c24-14-18-6-4-5-9-21(18)17-10-12-26(13-11-17)23(29)22(28)19-15-25-27(16-19)20-7-2-1-3-8-20/h1-9,15-17H,10-14,24H2. The van der Waals surface area contributed by atoms with E-state index in [4.69, 9.17) is 5.73 Å². The third kappa shape index (κ3) is 3.98. The highest BCUT2D eigenvalue weighted by atomic mass is 16.2. The highest BCUT2D eigenvalue weighted by Gasteiger charge is 2.29. The first-order valence-electron chi connectivity index (χ1n) is 9.89. The Morgan fingerprint density at radius 2 is 1.69 bits per heavy atom. The number of ketones is 1. The molecule has 0 unspecified atom stereocenters. The van der Waals surface area contributed by atoms with Crippen molar-refractivity contribution in [2.45, 2.75) is 25.3 Å². The Hall–Kier alpha value is -3.25. The summed E-state index contributed by atoms with van der Waals surface area (Å²) in [5.41, 5.74) is 9.44. The zero-order valence-corrected chi connectivity index (χ0v) is 16.2. The largest absolute Gasteiger partial charge is 0.336 e. The number of hydrogen-bond donors (Lipinski definition) is 1. The molecule has 1 saturated heterocycles. The van der Waals surface area contributed by atoms with Gasteiger partial charge in [0.05, 0.1) is 17.4 Å². The van der Waals surface area contributed by atoms with Crippen LogP contribution in [0.3, 0.4) is 0 Å². The van der Waals surface area contributed by atoms with Gasteiger partial charge in [-0.15, -0.1) is 0 Å². The molecule has 2 heterocycles. The van der Waals surface area contributed by atoms with Gasteiger partial charge < -0.3 is 10.6 Å². The Labute approximate surface area is 169 Å². The van der Waals surface area contributed by atoms with E-state index >= 15 is 0 Å². The minimum Gasteiger partial charge on any atom is -0.336 e. The molecular formula is C23H24N4O2. The van der Waals surface area contributed by atoms with Crippen LogP contribution in [0.1, 0.15) is 40.2 Å². The quantitative estimate of drug-likeness (QED) is 0.538. The molecule has 1 amide bonds. The number of carbonyl (C=O) groups is 2. The van der Waals surface area contributed by atoms with Crippen molar-refractivity contribution in [2.75, 3.05) is 13.1 Å². The summed E-state index contributed by atoms with van der Waals surface area (Å²) in [4.78, 5) is 27.1. The molecule has 0 bridgehead atoms. The van der Waals surface area contributed by atoms with E-state index in [1.54, 1.807) is 15.8 Å². The summed E-state index contributed by atoms with van der Waals surface area (Å²) in [5.74, 6) is -0.592. The number of nitrogens with two attached hydrogens (primary N) is 1. The van der Waals surface area contributed by atoms with Crippen molar-refractivity contribution in [1.29, 1.82) is 0 Å². The van der Waals surface area contributed by atoms with Crippen LogP contribution >= 0.6 is 0 Å². The SMILES string of the molecule is NCc1ccccc1C1CCN(C(=O)C(=O)c2cnn(-c3ccccc3)c2)CC1. The van der Waals surface area contributed by atoms with E-state index in [1.165, 1.54) is 11.8 Å². The molecule has 0 aliphatic carbocycles. The molecule has 0 spiro atoms. The molecule has 0 saturated carbocycles. The Bertz CT molecular complexity index is 1000. The van der Waals surface area contributed by atoms with Gasteiger partial charge in [-0.2, -0.15) is 5.10 Å². The molecular weight excluding hydrogens is 364 g/mol. The van der Waals surface area contributed by atoms with Crippen LogP contribution in [0.4, 0.5) is 0 Å². The Balaban J connectivity index is 1.41. The number of likely N-dealkylation sites (tertiary alicyclic amines) is 1. The fourth-order valence-electron chi connectivity index (χ4n) is 3.94. The van der Waals surface area contributed by atoms with E-state index in [0.29, 0.717) is 31.1 Å². The van der Waals surface area contributed by atoms with Crippen LogP contribution < -0.4 is 5.73 Å². The van der Waals surface area contributed by atoms with Crippen molar-refractivity contribution in [3.05, 3.63) is 83.7 Å². The summed E-state index contributed by atoms with van der Waals surface area (Å²) in [5, 5.41) is 4.22. The fourth-order valence-corrected chi connectivity index (χ4v) is 3.94. The number of benzene rings is 2. The topological polar surface area (TPSA) is 81.2 Å². The Morgan fingerprint density at radius 1 is 1.00 bits per heavy atom. The van der Waals surface area contributed by atoms with Gasteiger partial charge in [-0.3, -0.25) is 9.59 Å². The van der Waals surface area contributed by atoms with Crippen LogP contribution in [0.25, 0.3) is 5.69 Å². The second-order valence-electron chi connectivity index (χ2n) is 7.31. The summed E-state index contributed by atoms with van der Waals surface area (Å²) >= 11 is 0. The minimum absolute atomic E-state index is 0.314. The van der Waals surface area contributed by atoms with Crippen molar-refractivity contribution in [1.82, 2.24) is 14.7 Å². The number of hydrogen-bond acceptors (Lipinski definition) is 4. The average Bonchev–Trinajstić information content (AvgIpc) is 3.29. The molecule has 1 fully saturated rings. The van der Waals surface area contributed by atoms with Crippen molar-refractivity contribution in [2.24, 2.45) is 5.73 Å². The molecule has 1 aliphatic rings. The maximum absolute atomic E-state index is 12.7. The predicted molar refractivity (Wildman–Crippen MR) is 111 cm³/mol. The van der Waals surface area contributed by atoms with Crippen molar-refractivity contribution in [3.63, 3.8) is 0 Å². The number of nitrogens with zero attached hydrogens (tertiary/aromatic N) is 3. The third-order valence-corrected chi connectivity index (χ3v) is 5.56. The number of para-hydroxylation sites is 1. The lowest BCUT2D eigenvalue weighted by molar-refractivity contribution is -0.127. The first-order valence-corrected chi connectivity index (χ1v) is 9.89. The van der Waals surface area contributed by atoms with E-state index in [0.717, 1.165) is 24.1 Å². The summed E-state index contributed by atoms with van der Waals surface area (Å²) in [6.45, 7) is 1.65. The Morgan fingerprint density at radius 3 is 2.41 bits per heavy atom. The third-order valence-electron chi connectivity index (χ3n) is 5.56. The monoisotopic (exact) mass is 388 g/mol. The zero-order valence-electron chi connectivity index (χ0n) is 16.2. The van der Waals surface area contributed by atoms with E-state index in [-0.39, 0.29) is 0 Å². The lowest BCUT2D eigenvalue weighted by atomic mass is 9.86. The summed E-state index contributed by atoms with van der Waals surface area (Å²) < 4.78 is 1.61. The van der Waals surface area contributed by atoms with E-state index in [9.17, 15) is 9.59 Å². The van der Waals surface area contributed by atoms with E-state index < -0.39 is 11.7 Å². The molecule has 1 aromatic heterocycles. The lowest BCUT2D eigenvalue weighted by Gasteiger charge is -2.32. The molecule has 3 aromatic rings. The van der Waals surface area contributed by atoms with Crippen LogP contribution in [0, 0.1) is 0 Å². The molecule has 2 N–H and O–H groups in total. The van der Waals surface area contributed by atoms with Crippen LogP contribution in [0.2, 0.25) is 0 Å². The minimum atomic E-state index is -0.506. The van der Waals surface area contributed by atoms with Gasteiger partial charge in [0.15, 0.2) is 0 Å². The lowest BCUT2D eigenvalue weighted by Crippen LogP contribution is -2.41. The van der Waals surface area contributed by atoms with Crippen molar-refractivity contribution < 1.29 is 9.59 Å². The normalized spacial score (nSPS) is 14.7. The van der Waals surface area contributed by atoms with Crippen LogP contribution in [-0.2, 0) is 11.3 Å². The van der Waals surface area contributed by atoms with Gasteiger partial charge in [-0.25, -0.2) is 4.68 Å². The molecule has 6 nitrogen and oxygen atoms in total. The summed E-state index contributed by atoms with van der Waals surface area (Å²) in [6.07, 6.45) is 4.73. The van der Waals surface area contributed by atoms with Gasteiger partial charge in [0, 0.05) is 25.8 Å². The fraction of sp³-hybridized carbons (Fsp3) is 0.261. The van der Waals surface area contributed by atoms with Gasteiger partial charge in [0.25, 0.3) is 11.7 Å². The highest BCUT2D eigenvalue weighted by molar-refractivity contribution is 6.42. The van der Waals surface area contributed by atoms with Crippen LogP contribution in [0.15, 0.2) is 67.0 Å². The summed E-state index contributed by atoms with van der Waals surface area (Å²) in [6, 6.07) is 17.7. The number of Topliss-reactive ketones (excluding diaryl/α,β-unsaturated/α-hetero) is 1. The first kappa shape index (κ1) is 19.1. The van der Waals surface area contributed by atoms with Gasteiger partial charge in [0.1, 0.15) is 0 Å². The van der Waals surface area contributed by atoms with Crippen LogP contribution in [0.5, 0.6) is 0 Å². The predicted octanol–water partition coefficient (Wildman–Crippen LogP) is 2.92. The Kier molecular flexibility index (Phi) is 5.53. The average molecular weight is 388 g/mol. The molecule has 6 heteroatoms. The first-order chi connectivity index (χ1) is 14.2. The van der Waals surface area contributed by atoms with Gasteiger partial charge in [-0.1, -0.05) is 42.5 Å². The second kappa shape index (κ2) is 8.41. The van der Waals surface area contributed by atoms with E-state index in [1.807, 2.05) is 42.5 Å². The second-order valence-corrected chi connectivity index (χ2v) is 7.31. The molecule has 29 heavy (non-hydrogen) atoms. The molecule has 0 atom stereocenters.